The van der Waals surface area contributed by atoms with Crippen molar-refractivity contribution in [1.29, 1.82) is 0 Å². The van der Waals surface area contributed by atoms with E-state index < -0.39 is 0 Å². The SMILES string of the molecule is CNC(C)Cc1noc(CSc2ccccc2C)n1. The molecule has 1 aromatic heterocycles. The van der Waals surface area contributed by atoms with E-state index in [-0.39, 0.29) is 0 Å². The van der Waals surface area contributed by atoms with E-state index in [1.165, 1.54) is 10.5 Å². The van der Waals surface area contributed by atoms with Crippen molar-refractivity contribution in [2.75, 3.05) is 7.05 Å². The number of hydrogen-bond donors (Lipinski definition) is 1. The van der Waals surface area contributed by atoms with Crippen LogP contribution in [0.2, 0.25) is 0 Å². The maximum absolute atomic E-state index is 5.26. The molecule has 0 bridgehead atoms. The van der Waals surface area contributed by atoms with Gasteiger partial charge in [-0.25, -0.2) is 0 Å². The fraction of sp³-hybridized carbons (Fsp3) is 0.429. The number of likely N-dealkylation sites (N-methyl/N-ethyl adjacent to an activating group) is 1. The first-order valence-corrected chi connectivity index (χ1v) is 7.34. The van der Waals surface area contributed by atoms with E-state index in [0.717, 1.165) is 12.2 Å². The lowest BCUT2D eigenvalue weighted by Gasteiger charge is -2.04. The first-order chi connectivity index (χ1) is 9.19. The van der Waals surface area contributed by atoms with Gasteiger partial charge < -0.3 is 9.84 Å². The molecule has 0 radical (unpaired) electrons. The van der Waals surface area contributed by atoms with Gasteiger partial charge in [0.25, 0.3) is 0 Å². The average molecular weight is 277 g/mol. The molecule has 1 N–H and O–H groups in total. The summed E-state index contributed by atoms with van der Waals surface area (Å²) in [5.74, 6) is 2.17. The summed E-state index contributed by atoms with van der Waals surface area (Å²) < 4.78 is 5.26. The van der Waals surface area contributed by atoms with Crippen LogP contribution in [-0.2, 0) is 12.2 Å². The smallest absolute Gasteiger partial charge is 0.237 e. The zero-order valence-corrected chi connectivity index (χ0v) is 12.3. The van der Waals surface area contributed by atoms with Crippen molar-refractivity contribution in [1.82, 2.24) is 15.5 Å². The van der Waals surface area contributed by atoms with Gasteiger partial charge in [-0.15, -0.1) is 11.8 Å². The summed E-state index contributed by atoms with van der Waals surface area (Å²) in [5.41, 5.74) is 1.27. The lowest BCUT2D eigenvalue weighted by atomic mass is 10.2. The molecule has 0 amide bonds. The first-order valence-electron chi connectivity index (χ1n) is 6.36. The molecule has 0 saturated heterocycles. The standard InChI is InChI=1S/C14H19N3OS/c1-10-6-4-5-7-12(10)19-9-14-16-13(17-18-14)8-11(2)15-3/h4-7,11,15H,8-9H2,1-3H3. The van der Waals surface area contributed by atoms with Crippen LogP contribution in [0.15, 0.2) is 33.7 Å². The quantitative estimate of drug-likeness (QED) is 0.823. The summed E-state index contributed by atoms with van der Waals surface area (Å²) in [6, 6.07) is 8.66. The molecular formula is C14H19N3OS. The van der Waals surface area contributed by atoms with E-state index in [9.17, 15) is 0 Å². The minimum absolute atomic E-state index is 0.356. The molecule has 19 heavy (non-hydrogen) atoms. The molecule has 0 saturated carbocycles. The van der Waals surface area contributed by atoms with E-state index >= 15 is 0 Å². The van der Waals surface area contributed by atoms with Crippen LogP contribution in [0.5, 0.6) is 0 Å². The van der Waals surface area contributed by atoms with E-state index in [1.54, 1.807) is 11.8 Å². The maximum atomic E-state index is 5.26. The zero-order chi connectivity index (χ0) is 13.7. The third-order valence-corrected chi connectivity index (χ3v) is 4.10. The molecule has 1 heterocycles. The highest BCUT2D eigenvalue weighted by molar-refractivity contribution is 7.98. The number of thioether (sulfide) groups is 1. The van der Waals surface area contributed by atoms with Gasteiger partial charge in [0.2, 0.25) is 5.89 Å². The van der Waals surface area contributed by atoms with Crippen LogP contribution in [0.25, 0.3) is 0 Å². The molecule has 0 spiro atoms. The minimum Gasteiger partial charge on any atom is -0.338 e. The van der Waals surface area contributed by atoms with E-state index in [0.29, 0.717) is 17.7 Å². The predicted molar refractivity (Wildman–Crippen MR) is 77.3 cm³/mol. The molecule has 0 aliphatic rings. The highest BCUT2D eigenvalue weighted by Crippen LogP contribution is 2.25. The summed E-state index contributed by atoms with van der Waals surface area (Å²) in [5, 5.41) is 7.16. The van der Waals surface area contributed by atoms with Gasteiger partial charge in [0.1, 0.15) is 0 Å². The van der Waals surface area contributed by atoms with Gasteiger partial charge >= 0.3 is 0 Å². The minimum atomic E-state index is 0.356. The van der Waals surface area contributed by atoms with E-state index in [4.69, 9.17) is 4.52 Å². The Morgan fingerprint density at radius 1 is 1.37 bits per heavy atom. The largest absolute Gasteiger partial charge is 0.338 e. The second-order valence-electron chi connectivity index (χ2n) is 4.55. The molecule has 0 fully saturated rings. The Bertz CT molecular complexity index is 527. The maximum Gasteiger partial charge on any atom is 0.237 e. The Morgan fingerprint density at radius 2 is 2.16 bits per heavy atom. The molecule has 2 rings (SSSR count). The summed E-state index contributed by atoms with van der Waals surface area (Å²) in [6.07, 6.45) is 0.787. The summed E-state index contributed by atoms with van der Waals surface area (Å²) in [7, 11) is 1.93. The molecule has 0 aliphatic carbocycles. The lowest BCUT2D eigenvalue weighted by Crippen LogP contribution is -2.24. The van der Waals surface area contributed by atoms with Crippen LogP contribution in [-0.4, -0.2) is 23.2 Å². The number of benzene rings is 1. The molecular weight excluding hydrogens is 258 g/mol. The third kappa shape index (κ3) is 4.08. The Morgan fingerprint density at radius 3 is 2.89 bits per heavy atom. The third-order valence-electron chi connectivity index (χ3n) is 2.94. The second-order valence-corrected chi connectivity index (χ2v) is 5.57. The number of aryl methyl sites for hydroxylation is 1. The van der Waals surface area contributed by atoms with Gasteiger partial charge in [0.05, 0.1) is 5.75 Å². The monoisotopic (exact) mass is 277 g/mol. The van der Waals surface area contributed by atoms with Crippen molar-refractivity contribution in [3.05, 3.63) is 41.5 Å². The van der Waals surface area contributed by atoms with Gasteiger partial charge in [-0.1, -0.05) is 23.4 Å². The molecule has 1 unspecified atom stereocenters. The van der Waals surface area contributed by atoms with Crippen molar-refractivity contribution < 1.29 is 4.52 Å². The normalized spacial score (nSPS) is 12.6. The first kappa shape index (κ1) is 14.1. The molecule has 102 valence electrons. The summed E-state index contributed by atoms with van der Waals surface area (Å²) in [6.45, 7) is 4.20. The Kier molecular flexibility index (Phi) is 4.99. The number of nitrogens with zero attached hydrogens (tertiary/aromatic N) is 2. The Hall–Kier alpha value is -1.33. The molecule has 0 aliphatic heterocycles. The van der Waals surface area contributed by atoms with Gasteiger partial charge in [-0.05, 0) is 32.5 Å². The Balaban J connectivity index is 1.92. The molecule has 4 nitrogen and oxygen atoms in total. The van der Waals surface area contributed by atoms with Crippen LogP contribution in [0.4, 0.5) is 0 Å². The van der Waals surface area contributed by atoms with Crippen molar-refractivity contribution in [3.8, 4) is 0 Å². The average Bonchev–Trinajstić information content (AvgIpc) is 2.85. The topological polar surface area (TPSA) is 51.0 Å². The van der Waals surface area contributed by atoms with Crippen LogP contribution in [0.1, 0.15) is 24.2 Å². The Labute approximate surface area is 118 Å². The van der Waals surface area contributed by atoms with Crippen LogP contribution in [0, 0.1) is 6.92 Å². The number of rotatable bonds is 6. The number of aromatic nitrogens is 2. The highest BCUT2D eigenvalue weighted by atomic mass is 32.2. The zero-order valence-electron chi connectivity index (χ0n) is 11.5. The molecule has 1 atom stereocenters. The summed E-state index contributed by atoms with van der Waals surface area (Å²) in [4.78, 5) is 5.66. The number of nitrogens with one attached hydrogen (secondary N) is 1. The second kappa shape index (κ2) is 6.73. The van der Waals surface area contributed by atoms with Gasteiger partial charge in [0, 0.05) is 17.4 Å². The van der Waals surface area contributed by atoms with Crippen molar-refractivity contribution in [2.24, 2.45) is 0 Å². The summed E-state index contributed by atoms with van der Waals surface area (Å²) >= 11 is 1.73. The molecule has 5 heteroatoms. The lowest BCUT2D eigenvalue weighted by molar-refractivity contribution is 0.382. The fourth-order valence-corrected chi connectivity index (χ4v) is 2.53. The number of hydrogen-bond acceptors (Lipinski definition) is 5. The van der Waals surface area contributed by atoms with E-state index in [2.05, 4.69) is 41.4 Å². The van der Waals surface area contributed by atoms with Gasteiger partial charge in [-0.2, -0.15) is 4.98 Å². The van der Waals surface area contributed by atoms with Crippen LogP contribution < -0.4 is 5.32 Å². The van der Waals surface area contributed by atoms with Gasteiger partial charge in [-0.3, -0.25) is 0 Å². The molecule has 1 aromatic carbocycles. The van der Waals surface area contributed by atoms with Crippen molar-refractivity contribution in [3.63, 3.8) is 0 Å². The van der Waals surface area contributed by atoms with Crippen LogP contribution in [0.3, 0.4) is 0 Å². The van der Waals surface area contributed by atoms with Crippen molar-refractivity contribution in [2.45, 2.75) is 37.0 Å². The van der Waals surface area contributed by atoms with Gasteiger partial charge in [0.15, 0.2) is 5.82 Å². The van der Waals surface area contributed by atoms with Crippen molar-refractivity contribution >= 4 is 11.8 Å². The fourth-order valence-electron chi connectivity index (χ4n) is 1.67. The predicted octanol–water partition coefficient (Wildman–Crippen LogP) is 2.82. The highest BCUT2D eigenvalue weighted by Gasteiger charge is 2.10. The van der Waals surface area contributed by atoms with Crippen LogP contribution >= 0.6 is 11.8 Å². The van der Waals surface area contributed by atoms with E-state index in [1.807, 2.05) is 19.2 Å². The molecule has 2 aromatic rings.